The molecule has 1 spiro atoms. The minimum Gasteiger partial charge on any atom is -0.456 e. The van der Waals surface area contributed by atoms with Crippen molar-refractivity contribution in [1.82, 2.24) is 19.9 Å². The standard InChI is InChI=1S/C42H60N4O9/c1-21-15-35-36(23(3)42(55-35)14-12-31-32-10-9-28-16-30(50)11-13-41(28,8)34(32)17-33(31)22(42)2)45(18-21)19-29-20-46(44-43-29)40-39(54-27(7)49)38(53-26(6)48)37(24(4)51-40)52-25(5)47/h9,20-21,23-24,30-32,34-40,50H,10-19H2,1-8H3/t21-,23+,24-,30-,31-,32-,34-,35+,36-,37-,38+,39+,40+,41-,42-/m0/s1. The number of carbonyl (C=O) groups excluding carboxylic acids is 3. The minimum absolute atomic E-state index is 0.105. The first-order chi connectivity index (χ1) is 26.1. The molecule has 55 heavy (non-hydrogen) atoms. The van der Waals surface area contributed by atoms with Gasteiger partial charge in [-0.15, -0.1) is 5.10 Å². The first kappa shape index (κ1) is 38.7. The van der Waals surface area contributed by atoms with Gasteiger partial charge in [-0.2, -0.15) is 0 Å². The summed E-state index contributed by atoms with van der Waals surface area (Å²) in [5.41, 5.74) is 5.26. The molecule has 7 aliphatic rings. The number of ether oxygens (including phenoxy) is 5. The van der Waals surface area contributed by atoms with E-state index in [2.05, 4.69) is 49.0 Å². The number of allylic oxidation sites excluding steroid dienone is 2. The number of piperidine rings is 1. The van der Waals surface area contributed by atoms with Crippen LogP contribution in [0.1, 0.15) is 119 Å². The number of fused-ring (bicyclic) bond motifs is 6. The van der Waals surface area contributed by atoms with E-state index in [9.17, 15) is 19.5 Å². The number of hydrogen-bond donors (Lipinski definition) is 1. The number of aliphatic hydroxyl groups excluding tert-OH is 1. The van der Waals surface area contributed by atoms with Gasteiger partial charge in [-0.05, 0) is 99.9 Å². The van der Waals surface area contributed by atoms with Crippen LogP contribution in [0.25, 0.3) is 0 Å². The van der Waals surface area contributed by atoms with Gasteiger partial charge < -0.3 is 28.8 Å². The summed E-state index contributed by atoms with van der Waals surface area (Å²) >= 11 is 0. The molecule has 8 rings (SSSR count). The molecule has 4 aliphatic carbocycles. The van der Waals surface area contributed by atoms with Crippen LogP contribution in [0.15, 0.2) is 29.0 Å². The van der Waals surface area contributed by atoms with E-state index in [0.29, 0.717) is 30.2 Å². The van der Waals surface area contributed by atoms with Gasteiger partial charge in [-0.25, -0.2) is 4.68 Å². The number of hydrogen-bond acceptors (Lipinski definition) is 12. The number of esters is 3. The van der Waals surface area contributed by atoms with Crippen LogP contribution >= 0.6 is 0 Å². The van der Waals surface area contributed by atoms with E-state index in [1.54, 1.807) is 18.7 Å². The van der Waals surface area contributed by atoms with Crippen molar-refractivity contribution in [1.29, 1.82) is 0 Å². The molecule has 0 aromatic carbocycles. The monoisotopic (exact) mass is 764 g/mol. The van der Waals surface area contributed by atoms with Gasteiger partial charge in [0.25, 0.3) is 0 Å². The van der Waals surface area contributed by atoms with Gasteiger partial charge in [0.1, 0.15) is 0 Å². The van der Waals surface area contributed by atoms with Crippen LogP contribution in [0, 0.1) is 35.0 Å². The number of rotatable bonds is 6. The van der Waals surface area contributed by atoms with E-state index >= 15 is 0 Å². The Labute approximate surface area is 324 Å². The van der Waals surface area contributed by atoms with Crippen molar-refractivity contribution in [3.8, 4) is 0 Å². The van der Waals surface area contributed by atoms with E-state index in [1.165, 1.54) is 43.0 Å². The Morgan fingerprint density at radius 2 is 1.69 bits per heavy atom. The quantitative estimate of drug-likeness (QED) is 0.230. The van der Waals surface area contributed by atoms with Crippen molar-refractivity contribution >= 4 is 17.9 Å². The zero-order valence-electron chi connectivity index (χ0n) is 33.7. The third-order valence-corrected chi connectivity index (χ3v) is 14.9. The minimum atomic E-state index is -1.14. The van der Waals surface area contributed by atoms with Crippen LogP contribution in [0.5, 0.6) is 0 Å². The van der Waals surface area contributed by atoms with Crippen molar-refractivity contribution in [2.45, 2.75) is 168 Å². The highest BCUT2D eigenvalue weighted by Gasteiger charge is 2.62. The smallest absolute Gasteiger partial charge is 0.303 e. The summed E-state index contributed by atoms with van der Waals surface area (Å²) < 4.78 is 32.0. The normalized spacial score (nSPS) is 43.9. The maximum atomic E-state index is 12.3. The molecule has 3 aliphatic heterocycles. The molecular formula is C42H60N4O9. The number of likely N-dealkylation sites (tertiary alicyclic amines) is 1. The molecule has 0 radical (unpaired) electrons. The van der Waals surface area contributed by atoms with Crippen LogP contribution in [0.3, 0.4) is 0 Å². The van der Waals surface area contributed by atoms with E-state index in [4.69, 9.17) is 23.7 Å². The molecule has 4 heterocycles. The lowest BCUT2D eigenvalue weighted by Crippen LogP contribution is -2.58. The highest BCUT2D eigenvalue weighted by molar-refractivity contribution is 5.68. The summed E-state index contributed by atoms with van der Waals surface area (Å²) in [5, 5.41) is 19.5. The second-order valence-corrected chi connectivity index (χ2v) is 18.3. The fourth-order valence-electron chi connectivity index (χ4n) is 12.6. The Hall–Kier alpha value is -3.13. The van der Waals surface area contributed by atoms with Crippen LogP contribution < -0.4 is 0 Å². The molecule has 15 atom stereocenters. The molecule has 0 bridgehead atoms. The highest BCUT2D eigenvalue weighted by Crippen LogP contribution is 2.65. The summed E-state index contributed by atoms with van der Waals surface area (Å²) in [4.78, 5) is 39.1. The number of carbonyl (C=O) groups is 3. The van der Waals surface area contributed by atoms with Crippen LogP contribution in [-0.4, -0.2) is 97.7 Å². The largest absolute Gasteiger partial charge is 0.456 e. The molecule has 0 unspecified atom stereocenters. The molecule has 1 aromatic rings. The predicted molar refractivity (Wildman–Crippen MR) is 199 cm³/mol. The van der Waals surface area contributed by atoms with Gasteiger partial charge in [0.05, 0.1) is 35.8 Å². The molecule has 3 saturated heterocycles. The van der Waals surface area contributed by atoms with E-state index in [1.807, 2.05) is 0 Å². The molecular weight excluding hydrogens is 704 g/mol. The third-order valence-electron chi connectivity index (χ3n) is 14.9. The first-order valence-electron chi connectivity index (χ1n) is 20.7. The summed E-state index contributed by atoms with van der Waals surface area (Å²) in [7, 11) is 0. The number of nitrogens with zero attached hydrogens (tertiary/aromatic N) is 4. The van der Waals surface area contributed by atoms with Crippen molar-refractivity contribution < 1.29 is 43.2 Å². The third kappa shape index (κ3) is 6.58. The number of aromatic nitrogens is 3. The molecule has 13 nitrogen and oxygen atoms in total. The SMILES string of the molecule is CC(=O)O[C@@H]1[C@@H](OC(C)=O)[C@H](C)O[C@@H](n2cc(CN3C[C@@H](C)C[C@H]4O[C@]5(CC[C@@H]6C(=C5C)C[C@H]5[C@H]6CC=C6C[C@@H](O)CC[C@@]65C)[C@H](C)[C@@H]43)nn2)[C@@H]1OC(C)=O. The first-order valence-corrected chi connectivity index (χ1v) is 20.7. The van der Waals surface area contributed by atoms with Crippen molar-refractivity contribution in [3.63, 3.8) is 0 Å². The van der Waals surface area contributed by atoms with E-state index in [0.717, 1.165) is 57.2 Å². The zero-order chi connectivity index (χ0) is 39.1. The van der Waals surface area contributed by atoms with Gasteiger partial charge >= 0.3 is 17.9 Å². The Bertz CT molecular complexity index is 1760. The molecule has 2 saturated carbocycles. The summed E-state index contributed by atoms with van der Waals surface area (Å²) in [6.07, 6.45) is 7.61. The Morgan fingerprint density at radius 3 is 2.42 bits per heavy atom. The second-order valence-electron chi connectivity index (χ2n) is 18.3. The van der Waals surface area contributed by atoms with Gasteiger partial charge in [0, 0.05) is 45.8 Å². The van der Waals surface area contributed by atoms with Crippen molar-refractivity contribution in [3.05, 3.63) is 34.7 Å². The lowest BCUT2D eigenvalue weighted by Gasteiger charge is -2.49. The van der Waals surface area contributed by atoms with Gasteiger partial charge in [-0.1, -0.05) is 43.2 Å². The maximum absolute atomic E-state index is 12.3. The predicted octanol–water partition coefficient (Wildman–Crippen LogP) is 5.22. The van der Waals surface area contributed by atoms with Crippen LogP contribution in [0.4, 0.5) is 0 Å². The average molecular weight is 765 g/mol. The molecule has 1 aromatic heterocycles. The van der Waals surface area contributed by atoms with Crippen LogP contribution in [0.2, 0.25) is 0 Å². The Kier molecular flexibility index (Phi) is 10.1. The Morgan fingerprint density at radius 1 is 0.982 bits per heavy atom. The van der Waals surface area contributed by atoms with E-state index in [-0.39, 0.29) is 35.2 Å². The molecule has 302 valence electrons. The van der Waals surface area contributed by atoms with Crippen molar-refractivity contribution in [2.75, 3.05) is 6.54 Å². The fourth-order valence-corrected chi connectivity index (χ4v) is 12.6. The van der Waals surface area contributed by atoms with Crippen molar-refractivity contribution in [2.24, 2.45) is 35.0 Å². The summed E-state index contributed by atoms with van der Waals surface area (Å²) in [5.74, 6) is 0.853. The fraction of sp³-hybridized carbons (Fsp3) is 0.786. The maximum Gasteiger partial charge on any atom is 0.303 e. The van der Waals surface area contributed by atoms with Gasteiger partial charge in [0.15, 0.2) is 24.5 Å². The topological polar surface area (TPSA) is 152 Å². The number of aliphatic hydroxyl groups is 1. The molecule has 0 amide bonds. The Balaban J connectivity index is 1.03. The second kappa shape index (κ2) is 14.4. The van der Waals surface area contributed by atoms with Gasteiger partial charge in [0.2, 0.25) is 0 Å². The van der Waals surface area contributed by atoms with E-state index < -0.39 is 48.6 Å². The zero-order valence-corrected chi connectivity index (χ0v) is 33.7. The van der Waals surface area contributed by atoms with Crippen LogP contribution in [-0.2, 0) is 44.6 Å². The lowest BCUT2D eigenvalue weighted by molar-refractivity contribution is -0.261. The molecule has 13 heteroatoms. The lowest BCUT2D eigenvalue weighted by atomic mass is 9.56. The molecule has 1 N–H and O–H groups in total. The highest BCUT2D eigenvalue weighted by atomic mass is 16.7. The summed E-state index contributed by atoms with van der Waals surface area (Å²) in [6, 6.07) is 0.209. The summed E-state index contributed by atoms with van der Waals surface area (Å²) in [6.45, 7) is 16.5. The van der Waals surface area contributed by atoms with Gasteiger partial charge in [-0.3, -0.25) is 19.3 Å². The molecule has 5 fully saturated rings. The average Bonchev–Trinajstić information content (AvgIpc) is 3.81.